The SMILES string of the molecule is CCCC1CCC(O)(c2ccc(C(=O)OC)o2)CC1. The van der Waals surface area contributed by atoms with Crippen LogP contribution in [0.5, 0.6) is 0 Å². The Kier molecular flexibility index (Phi) is 4.30. The number of hydrogen-bond acceptors (Lipinski definition) is 4. The van der Waals surface area contributed by atoms with Gasteiger partial charge in [0.25, 0.3) is 0 Å². The van der Waals surface area contributed by atoms with Crippen LogP contribution in [-0.2, 0) is 10.3 Å². The summed E-state index contributed by atoms with van der Waals surface area (Å²) in [5.74, 6) is 0.847. The van der Waals surface area contributed by atoms with Crippen molar-refractivity contribution in [3.8, 4) is 0 Å². The third-order valence-corrected chi connectivity index (χ3v) is 4.08. The lowest BCUT2D eigenvalue weighted by Gasteiger charge is -2.34. The van der Waals surface area contributed by atoms with Crippen LogP contribution in [0.1, 0.15) is 61.8 Å². The molecule has 1 heterocycles. The van der Waals surface area contributed by atoms with E-state index >= 15 is 0 Å². The number of furan rings is 1. The van der Waals surface area contributed by atoms with Crippen LogP contribution in [-0.4, -0.2) is 18.2 Å². The van der Waals surface area contributed by atoms with E-state index in [9.17, 15) is 9.90 Å². The maximum absolute atomic E-state index is 11.4. The normalized spacial score (nSPS) is 27.2. The number of hydrogen-bond donors (Lipinski definition) is 1. The van der Waals surface area contributed by atoms with Crippen LogP contribution in [0.25, 0.3) is 0 Å². The predicted molar refractivity (Wildman–Crippen MR) is 70.8 cm³/mol. The minimum absolute atomic E-state index is 0.154. The summed E-state index contributed by atoms with van der Waals surface area (Å²) in [6, 6.07) is 3.25. The lowest BCUT2D eigenvalue weighted by Crippen LogP contribution is -2.31. The second-order valence-corrected chi connectivity index (χ2v) is 5.42. The van der Waals surface area contributed by atoms with Crippen molar-refractivity contribution in [2.24, 2.45) is 5.92 Å². The Morgan fingerprint density at radius 1 is 1.47 bits per heavy atom. The predicted octanol–water partition coefficient (Wildman–Crippen LogP) is 3.24. The molecule has 0 amide bonds. The first-order valence-electron chi connectivity index (χ1n) is 7.00. The first-order chi connectivity index (χ1) is 9.09. The van der Waals surface area contributed by atoms with E-state index in [0.717, 1.165) is 12.8 Å². The highest BCUT2D eigenvalue weighted by Gasteiger charge is 2.37. The fraction of sp³-hybridized carbons (Fsp3) is 0.667. The summed E-state index contributed by atoms with van der Waals surface area (Å²) < 4.78 is 10.1. The van der Waals surface area contributed by atoms with Gasteiger partial charge in [-0.15, -0.1) is 0 Å². The van der Waals surface area contributed by atoms with Gasteiger partial charge in [-0.1, -0.05) is 19.8 Å². The van der Waals surface area contributed by atoms with Gasteiger partial charge >= 0.3 is 5.97 Å². The van der Waals surface area contributed by atoms with Crippen LogP contribution in [0.4, 0.5) is 0 Å². The van der Waals surface area contributed by atoms with Crippen molar-refractivity contribution >= 4 is 5.97 Å². The first kappa shape index (κ1) is 14.1. The summed E-state index contributed by atoms with van der Waals surface area (Å²) in [7, 11) is 1.31. The van der Waals surface area contributed by atoms with Crippen molar-refractivity contribution < 1.29 is 19.1 Å². The molecule has 0 radical (unpaired) electrons. The van der Waals surface area contributed by atoms with E-state index in [2.05, 4.69) is 11.7 Å². The maximum Gasteiger partial charge on any atom is 0.373 e. The number of esters is 1. The summed E-state index contributed by atoms with van der Waals surface area (Å²) in [6.45, 7) is 2.19. The molecule has 106 valence electrons. The van der Waals surface area contributed by atoms with Gasteiger partial charge in [-0.2, -0.15) is 0 Å². The second-order valence-electron chi connectivity index (χ2n) is 5.42. The van der Waals surface area contributed by atoms with Crippen LogP contribution < -0.4 is 0 Å². The van der Waals surface area contributed by atoms with Gasteiger partial charge in [0.05, 0.1) is 7.11 Å². The van der Waals surface area contributed by atoms with Gasteiger partial charge in [-0.05, 0) is 43.7 Å². The molecule has 2 rings (SSSR count). The summed E-state index contributed by atoms with van der Waals surface area (Å²) in [4.78, 5) is 11.4. The monoisotopic (exact) mass is 266 g/mol. The molecule has 1 aliphatic carbocycles. The molecule has 1 fully saturated rings. The van der Waals surface area contributed by atoms with E-state index in [1.807, 2.05) is 0 Å². The van der Waals surface area contributed by atoms with Crippen molar-refractivity contribution in [2.75, 3.05) is 7.11 Å². The average Bonchev–Trinajstić information content (AvgIpc) is 2.91. The van der Waals surface area contributed by atoms with Crippen LogP contribution in [0.15, 0.2) is 16.5 Å². The molecule has 0 aromatic carbocycles. The molecule has 1 saturated carbocycles. The van der Waals surface area contributed by atoms with Crippen LogP contribution in [0.2, 0.25) is 0 Å². The highest BCUT2D eigenvalue weighted by Crippen LogP contribution is 2.41. The second kappa shape index (κ2) is 5.78. The van der Waals surface area contributed by atoms with Crippen molar-refractivity contribution in [3.05, 3.63) is 23.7 Å². The van der Waals surface area contributed by atoms with Crippen LogP contribution in [0.3, 0.4) is 0 Å². The number of carbonyl (C=O) groups is 1. The van der Waals surface area contributed by atoms with Crippen molar-refractivity contribution in [1.29, 1.82) is 0 Å². The van der Waals surface area contributed by atoms with E-state index < -0.39 is 11.6 Å². The van der Waals surface area contributed by atoms with Gasteiger partial charge in [-0.25, -0.2) is 4.79 Å². The Morgan fingerprint density at radius 3 is 2.74 bits per heavy atom. The molecular formula is C15H22O4. The molecular weight excluding hydrogens is 244 g/mol. The molecule has 1 aromatic heterocycles. The molecule has 1 aromatic rings. The Hall–Kier alpha value is -1.29. The molecule has 1 N–H and O–H groups in total. The zero-order valence-corrected chi connectivity index (χ0v) is 11.6. The minimum atomic E-state index is -0.920. The first-order valence-corrected chi connectivity index (χ1v) is 7.00. The smallest absolute Gasteiger partial charge is 0.373 e. The Labute approximate surface area is 113 Å². The van der Waals surface area contributed by atoms with E-state index in [0.29, 0.717) is 24.5 Å². The summed E-state index contributed by atoms with van der Waals surface area (Å²) in [5, 5.41) is 10.7. The zero-order valence-electron chi connectivity index (χ0n) is 11.6. The highest BCUT2D eigenvalue weighted by molar-refractivity contribution is 5.86. The van der Waals surface area contributed by atoms with Gasteiger partial charge in [-0.3, -0.25) is 0 Å². The minimum Gasteiger partial charge on any atom is -0.463 e. The zero-order chi connectivity index (χ0) is 13.9. The molecule has 4 nitrogen and oxygen atoms in total. The molecule has 0 unspecified atom stereocenters. The quantitative estimate of drug-likeness (QED) is 0.850. The van der Waals surface area contributed by atoms with E-state index in [1.54, 1.807) is 12.1 Å². The van der Waals surface area contributed by atoms with Crippen molar-refractivity contribution in [2.45, 2.75) is 51.0 Å². The molecule has 4 heteroatoms. The number of ether oxygens (including phenoxy) is 1. The topological polar surface area (TPSA) is 59.7 Å². The number of carbonyl (C=O) groups excluding carboxylic acids is 1. The molecule has 0 saturated heterocycles. The number of methoxy groups -OCH3 is 1. The van der Waals surface area contributed by atoms with Gasteiger partial charge < -0.3 is 14.3 Å². The Morgan fingerprint density at radius 2 is 2.16 bits per heavy atom. The fourth-order valence-electron chi connectivity index (χ4n) is 2.90. The van der Waals surface area contributed by atoms with Gasteiger partial charge in [0.15, 0.2) is 0 Å². The van der Waals surface area contributed by atoms with Gasteiger partial charge in [0, 0.05) is 0 Å². The molecule has 0 bridgehead atoms. The lowest BCUT2D eigenvalue weighted by atomic mass is 9.76. The van der Waals surface area contributed by atoms with E-state index in [4.69, 9.17) is 4.42 Å². The third kappa shape index (κ3) is 3.00. The lowest BCUT2D eigenvalue weighted by molar-refractivity contribution is -0.0336. The maximum atomic E-state index is 11.4. The van der Waals surface area contributed by atoms with Gasteiger partial charge in [0.2, 0.25) is 5.76 Å². The van der Waals surface area contributed by atoms with Crippen LogP contribution >= 0.6 is 0 Å². The Balaban J connectivity index is 2.05. The highest BCUT2D eigenvalue weighted by atomic mass is 16.5. The van der Waals surface area contributed by atoms with Crippen molar-refractivity contribution in [3.63, 3.8) is 0 Å². The van der Waals surface area contributed by atoms with E-state index in [1.165, 1.54) is 20.0 Å². The fourth-order valence-corrected chi connectivity index (χ4v) is 2.90. The summed E-state index contributed by atoms with van der Waals surface area (Å²) >= 11 is 0. The Bertz CT molecular complexity index is 427. The van der Waals surface area contributed by atoms with Crippen molar-refractivity contribution in [1.82, 2.24) is 0 Å². The molecule has 19 heavy (non-hydrogen) atoms. The average molecular weight is 266 g/mol. The summed E-state index contributed by atoms with van der Waals surface area (Å²) in [6.07, 6.45) is 5.84. The molecule has 0 aliphatic heterocycles. The van der Waals surface area contributed by atoms with Crippen LogP contribution in [0, 0.1) is 5.92 Å². The largest absolute Gasteiger partial charge is 0.463 e. The summed E-state index contributed by atoms with van der Waals surface area (Å²) in [5.41, 5.74) is -0.920. The van der Waals surface area contributed by atoms with E-state index in [-0.39, 0.29) is 5.76 Å². The molecule has 1 aliphatic rings. The number of rotatable bonds is 4. The molecule has 0 atom stereocenters. The number of aliphatic hydroxyl groups is 1. The van der Waals surface area contributed by atoms with Gasteiger partial charge in [0.1, 0.15) is 11.4 Å². The third-order valence-electron chi connectivity index (χ3n) is 4.08. The standard InChI is InChI=1S/C15H22O4/c1-3-4-11-7-9-15(17,10-8-11)13-6-5-12(19-13)14(16)18-2/h5-6,11,17H,3-4,7-10H2,1-2H3. The molecule has 0 spiro atoms.